The Morgan fingerprint density at radius 1 is 1.26 bits per heavy atom. The normalized spacial score (nSPS) is 16.9. The van der Waals surface area contributed by atoms with Gasteiger partial charge in [-0.1, -0.05) is 29.4 Å². The number of carbonyl (C=O) groups is 1. The molecule has 1 fully saturated rings. The average Bonchev–Trinajstić information content (AvgIpc) is 3.16. The zero-order valence-corrected chi connectivity index (χ0v) is 20.9. The summed E-state index contributed by atoms with van der Waals surface area (Å²) in [7, 11) is 0. The van der Waals surface area contributed by atoms with Crippen LogP contribution in [0.15, 0.2) is 24.3 Å². The van der Waals surface area contributed by atoms with Gasteiger partial charge < -0.3 is 29.2 Å². The van der Waals surface area contributed by atoms with E-state index in [1.807, 2.05) is 36.1 Å². The second-order valence-electron chi connectivity index (χ2n) is 8.78. The minimum atomic E-state index is -0.947. The van der Waals surface area contributed by atoms with E-state index in [1.165, 1.54) is 0 Å². The van der Waals surface area contributed by atoms with Gasteiger partial charge >= 0.3 is 0 Å². The monoisotopic (exact) mass is 487 g/mol. The number of hydrogen-bond donors (Lipinski definition) is 1. The second-order valence-corrected chi connectivity index (χ2v) is 10.3. The molecule has 0 spiro atoms. The third-order valence-corrected chi connectivity index (χ3v) is 7.21. The Balaban J connectivity index is 1.79. The predicted molar refractivity (Wildman–Crippen MR) is 134 cm³/mol. The van der Waals surface area contributed by atoms with E-state index < -0.39 is 16.8 Å². The molecule has 0 aliphatic carbocycles. The minimum Gasteiger partial charge on any atom is -0.616 e. The number of nitrogens with zero attached hydrogens (tertiary/aromatic N) is 4. The number of benzene rings is 1. The molecule has 1 unspecified atom stereocenters. The van der Waals surface area contributed by atoms with E-state index in [2.05, 4.69) is 9.55 Å². The lowest BCUT2D eigenvalue weighted by Gasteiger charge is -2.42. The first-order valence-electron chi connectivity index (χ1n) is 11.6. The van der Waals surface area contributed by atoms with E-state index in [0.717, 1.165) is 22.2 Å². The fourth-order valence-corrected chi connectivity index (χ4v) is 4.94. The molecule has 1 atom stereocenters. The summed E-state index contributed by atoms with van der Waals surface area (Å²) >= 11 is -0.947. The Labute approximate surface area is 202 Å². The van der Waals surface area contributed by atoms with Crippen molar-refractivity contribution in [1.82, 2.24) is 19.4 Å². The van der Waals surface area contributed by atoms with Crippen molar-refractivity contribution < 1.29 is 18.8 Å². The molecule has 9 nitrogen and oxygen atoms in total. The number of rotatable bonds is 9. The third-order valence-electron chi connectivity index (χ3n) is 6.47. The molecule has 3 aromatic rings. The number of carbonyl (C=O) groups excluding carboxylic acids is 1. The fourth-order valence-electron chi connectivity index (χ4n) is 4.62. The largest absolute Gasteiger partial charge is 0.616 e. The number of hydrogen-bond acceptors (Lipinski definition) is 7. The summed E-state index contributed by atoms with van der Waals surface area (Å²) in [4.78, 5) is 23.2. The van der Waals surface area contributed by atoms with Crippen molar-refractivity contribution in [3.63, 3.8) is 0 Å². The molecule has 184 valence electrons. The highest BCUT2D eigenvalue weighted by Gasteiger charge is 2.38. The SMILES string of the molecule is CCOCc1nc2c(N)nc3ccccc3c2n1CC1(OCC[S+](C)[O-])CCN(C(C)=O)CC1. The molecule has 2 N–H and O–H groups in total. The van der Waals surface area contributed by atoms with Crippen molar-refractivity contribution in [2.24, 2.45) is 0 Å². The molecular formula is C24H33N5O4S. The number of nitrogens with two attached hydrogens (primary N) is 1. The quantitative estimate of drug-likeness (QED) is 0.461. The molecule has 3 heterocycles. The molecular weight excluding hydrogens is 454 g/mol. The van der Waals surface area contributed by atoms with Gasteiger partial charge in [-0.3, -0.25) is 4.79 Å². The molecule has 1 amide bonds. The lowest BCUT2D eigenvalue weighted by atomic mass is 9.90. The topological polar surface area (TPSA) is 119 Å². The summed E-state index contributed by atoms with van der Waals surface area (Å²) in [6.45, 7) is 6.60. The summed E-state index contributed by atoms with van der Waals surface area (Å²) in [5.74, 6) is 1.68. The third kappa shape index (κ3) is 5.14. The maximum absolute atomic E-state index is 12.0. The van der Waals surface area contributed by atoms with Gasteiger partial charge in [0.2, 0.25) is 5.91 Å². The molecule has 0 bridgehead atoms. The van der Waals surface area contributed by atoms with Crippen LogP contribution < -0.4 is 5.73 Å². The van der Waals surface area contributed by atoms with Gasteiger partial charge in [0, 0.05) is 32.0 Å². The van der Waals surface area contributed by atoms with E-state index >= 15 is 0 Å². The highest BCUT2D eigenvalue weighted by Crippen LogP contribution is 2.34. The summed E-state index contributed by atoms with van der Waals surface area (Å²) in [6.07, 6.45) is 3.03. The Morgan fingerprint density at radius 2 is 2.00 bits per heavy atom. The van der Waals surface area contributed by atoms with E-state index in [-0.39, 0.29) is 5.91 Å². The number of imidazole rings is 1. The number of likely N-dealkylation sites (tertiary alicyclic amines) is 1. The molecule has 2 aromatic heterocycles. The van der Waals surface area contributed by atoms with Crippen LogP contribution in [0.1, 0.15) is 32.5 Å². The average molecular weight is 488 g/mol. The Hall–Kier alpha value is -2.40. The van der Waals surface area contributed by atoms with Crippen molar-refractivity contribution >= 4 is 44.8 Å². The number of ether oxygens (including phenoxy) is 2. The van der Waals surface area contributed by atoms with Gasteiger partial charge in [0.05, 0.1) is 36.0 Å². The lowest BCUT2D eigenvalue weighted by Crippen LogP contribution is -2.50. The zero-order valence-electron chi connectivity index (χ0n) is 20.1. The number of piperidine rings is 1. The number of amides is 1. The predicted octanol–water partition coefficient (Wildman–Crippen LogP) is 2.48. The maximum Gasteiger partial charge on any atom is 0.219 e. The fraction of sp³-hybridized carbons (Fsp3) is 0.542. The van der Waals surface area contributed by atoms with Gasteiger partial charge in [0.1, 0.15) is 23.7 Å². The first kappa shape index (κ1) is 24.7. The van der Waals surface area contributed by atoms with Gasteiger partial charge in [0.15, 0.2) is 5.82 Å². The summed E-state index contributed by atoms with van der Waals surface area (Å²) in [6, 6.07) is 7.89. The molecule has 1 aromatic carbocycles. The van der Waals surface area contributed by atoms with Crippen LogP contribution in [0.3, 0.4) is 0 Å². The number of para-hydroxylation sites is 1. The van der Waals surface area contributed by atoms with Crippen LogP contribution in [-0.2, 0) is 38.6 Å². The zero-order chi connectivity index (χ0) is 24.3. The van der Waals surface area contributed by atoms with Gasteiger partial charge in [-0.25, -0.2) is 9.97 Å². The molecule has 0 saturated carbocycles. The van der Waals surface area contributed by atoms with Crippen LogP contribution in [0.25, 0.3) is 21.9 Å². The number of fused-ring (bicyclic) bond motifs is 3. The van der Waals surface area contributed by atoms with E-state index in [1.54, 1.807) is 13.2 Å². The first-order valence-corrected chi connectivity index (χ1v) is 13.4. The summed E-state index contributed by atoms with van der Waals surface area (Å²) < 4.78 is 26.1. The number of pyridine rings is 1. The smallest absolute Gasteiger partial charge is 0.219 e. The number of anilines is 1. The van der Waals surface area contributed by atoms with Crippen LogP contribution in [0.2, 0.25) is 0 Å². The molecule has 34 heavy (non-hydrogen) atoms. The molecule has 1 aliphatic heterocycles. The molecule has 1 aliphatic rings. The van der Waals surface area contributed by atoms with E-state index in [0.29, 0.717) is 69.4 Å². The second kappa shape index (κ2) is 10.5. The van der Waals surface area contributed by atoms with Crippen molar-refractivity contribution in [3.8, 4) is 0 Å². The van der Waals surface area contributed by atoms with E-state index in [9.17, 15) is 9.35 Å². The molecule has 1 saturated heterocycles. The standard InChI is InChI=1S/C24H33N5O4S/c1-4-32-15-20-27-21-22(18-7-5-6-8-19(18)26-23(21)25)29(20)16-24(33-13-14-34(3)31)9-11-28(12-10-24)17(2)30/h5-8H,4,9-16H2,1-3H3,(H2,25,26). The molecule has 4 rings (SSSR count). The Morgan fingerprint density at radius 3 is 2.68 bits per heavy atom. The van der Waals surface area contributed by atoms with Crippen molar-refractivity contribution in [3.05, 3.63) is 30.1 Å². The number of aromatic nitrogens is 3. The Bertz CT molecular complexity index is 1160. The van der Waals surface area contributed by atoms with Gasteiger partial charge in [-0.15, -0.1) is 0 Å². The highest BCUT2D eigenvalue weighted by molar-refractivity contribution is 7.90. The van der Waals surface area contributed by atoms with Crippen molar-refractivity contribution in [2.75, 3.05) is 44.0 Å². The van der Waals surface area contributed by atoms with Gasteiger partial charge in [-0.05, 0) is 25.8 Å². The van der Waals surface area contributed by atoms with Crippen LogP contribution >= 0.6 is 0 Å². The Kier molecular flexibility index (Phi) is 7.61. The number of nitrogen functional groups attached to an aromatic ring is 1. The molecule has 10 heteroatoms. The lowest BCUT2D eigenvalue weighted by molar-refractivity contribution is -0.137. The van der Waals surface area contributed by atoms with Crippen LogP contribution in [-0.4, -0.2) is 73.8 Å². The van der Waals surface area contributed by atoms with Gasteiger partial charge in [0.25, 0.3) is 0 Å². The maximum atomic E-state index is 12.0. The minimum absolute atomic E-state index is 0.0678. The highest BCUT2D eigenvalue weighted by atomic mass is 32.2. The first-order chi connectivity index (χ1) is 16.3. The summed E-state index contributed by atoms with van der Waals surface area (Å²) in [5.41, 5.74) is 8.17. The van der Waals surface area contributed by atoms with Gasteiger partial charge in [-0.2, -0.15) is 0 Å². The summed E-state index contributed by atoms with van der Waals surface area (Å²) in [5, 5.41) is 0.966. The van der Waals surface area contributed by atoms with Crippen molar-refractivity contribution in [1.29, 1.82) is 0 Å². The molecule has 0 radical (unpaired) electrons. The van der Waals surface area contributed by atoms with Crippen molar-refractivity contribution in [2.45, 2.75) is 45.4 Å². The van der Waals surface area contributed by atoms with Crippen LogP contribution in [0.5, 0.6) is 0 Å². The van der Waals surface area contributed by atoms with Crippen LogP contribution in [0, 0.1) is 0 Å². The van der Waals surface area contributed by atoms with Crippen LogP contribution in [0.4, 0.5) is 5.82 Å². The van der Waals surface area contributed by atoms with E-state index in [4.69, 9.17) is 20.2 Å².